The summed E-state index contributed by atoms with van der Waals surface area (Å²) in [4.78, 5) is 11.0. The number of carbonyl (C=O) groups is 1. The summed E-state index contributed by atoms with van der Waals surface area (Å²) in [6.07, 6.45) is 0. The summed E-state index contributed by atoms with van der Waals surface area (Å²) in [5.41, 5.74) is -1.49. The van der Waals surface area contributed by atoms with Gasteiger partial charge in [0.15, 0.2) is 34.8 Å². The van der Waals surface area contributed by atoms with Crippen molar-refractivity contribution in [2.24, 2.45) is 0 Å². The van der Waals surface area contributed by atoms with Crippen LogP contribution in [0.1, 0.15) is 6.92 Å². The molecule has 23 heavy (non-hydrogen) atoms. The summed E-state index contributed by atoms with van der Waals surface area (Å²) in [7, 11) is 1.25. The Morgan fingerprint density at radius 2 is 1.39 bits per heavy atom. The molecule has 0 unspecified atom stereocenters. The average molecular weight is 332 g/mol. The van der Waals surface area contributed by atoms with E-state index >= 15 is 0 Å². The summed E-state index contributed by atoms with van der Waals surface area (Å²) >= 11 is 0. The van der Waals surface area contributed by atoms with Crippen LogP contribution in [0, 0.1) is 29.1 Å². The van der Waals surface area contributed by atoms with E-state index in [0.29, 0.717) is 0 Å². The van der Waals surface area contributed by atoms with Gasteiger partial charge in [-0.2, -0.15) is 0 Å². The topological polar surface area (TPSA) is 35.5 Å². The van der Waals surface area contributed by atoms with Crippen molar-refractivity contribution in [3.05, 3.63) is 47.3 Å². The second-order valence-corrected chi connectivity index (χ2v) is 4.40. The predicted molar refractivity (Wildman–Crippen MR) is 69.5 cm³/mol. The summed E-state index contributed by atoms with van der Waals surface area (Å²) in [6.45, 7) is 1.07. The molecule has 0 heterocycles. The Bertz CT molecular complexity index is 760. The van der Waals surface area contributed by atoms with E-state index in [1.165, 1.54) is 13.2 Å². The highest BCUT2D eigenvalue weighted by Crippen LogP contribution is 2.36. The van der Waals surface area contributed by atoms with E-state index in [2.05, 4.69) is 0 Å². The first-order valence-corrected chi connectivity index (χ1v) is 6.16. The van der Waals surface area contributed by atoms with Gasteiger partial charge in [-0.15, -0.1) is 0 Å². The van der Waals surface area contributed by atoms with E-state index in [9.17, 15) is 26.7 Å². The Kier molecular flexibility index (Phi) is 4.53. The first-order chi connectivity index (χ1) is 10.8. The molecule has 0 bridgehead atoms. The number of rotatable bonds is 3. The minimum absolute atomic E-state index is 0.0489. The lowest BCUT2D eigenvalue weighted by Gasteiger charge is -2.12. The van der Waals surface area contributed by atoms with Crippen LogP contribution in [0.5, 0.6) is 11.5 Å². The highest BCUT2D eigenvalue weighted by Gasteiger charge is 2.27. The number of hydrogen-bond donors (Lipinski definition) is 0. The van der Waals surface area contributed by atoms with Gasteiger partial charge in [-0.25, -0.2) is 22.0 Å². The van der Waals surface area contributed by atoms with Crippen molar-refractivity contribution < 1.29 is 36.2 Å². The van der Waals surface area contributed by atoms with Crippen molar-refractivity contribution in [2.75, 3.05) is 7.11 Å². The minimum atomic E-state index is -2.25. The molecule has 0 aromatic heterocycles. The number of carbonyl (C=O) groups excluding carboxylic acids is 1. The summed E-state index contributed by atoms with van der Waals surface area (Å²) in [5, 5.41) is 0. The van der Waals surface area contributed by atoms with Crippen molar-refractivity contribution in [3.8, 4) is 22.6 Å². The number of esters is 1. The Morgan fingerprint density at radius 1 is 0.870 bits per heavy atom. The SMILES string of the molecule is COc1ccc(-c2c(F)c(F)c(F)c(F)c2F)cc1OC(C)=O. The van der Waals surface area contributed by atoms with Gasteiger partial charge in [-0.3, -0.25) is 4.79 Å². The van der Waals surface area contributed by atoms with Crippen LogP contribution in [0.3, 0.4) is 0 Å². The van der Waals surface area contributed by atoms with Gasteiger partial charge in [0, 0.05) is 6.92 Å². The number of methoxy groups -OCH3 is 1. The van der Waals surface area contributed by atoms with Crippen molar-refractivity contribution in [1.29, 1.82) is 0 Å². The molecule has 0 aliphatic heterocycles. The molecule has 0 fully saturated rings. The molecule has 0 saturated carbocycles. The maximum absolute atomic E-state index is 13.8. The quantitative estimate of drug-likeness (QED) is 0.280. The second kappa shape index (κ2) is 6.23. The van der Waals surface area contributed by atoms with E-state index in [-0.39, 0.29) is 17.1 Å². The van der Waals surface area contributed by atoms with Gasteiger partial charge in [0.1, 0.15) is 0 Å². The molecule has 0 aliphatic rings. The van der Waals surface area contributed by atoms with Crippen LogP contribution in [-0.2, 0) is 4.79 Å². The molecule has 2 aromatic carbocycles. The highest BCUT2D eigenvalue weighted by atomic mass is 19.2. The molecule has 0 N–H and O–H groups in total. The van der Waals surface area contributed by atoms with Gasteiger partial charge in [0.25, 0.3) is 0 Å². The lowest BCUT2D eigenvalue weighted by atomic mass is 10.0. The molecular weight excluding hydrogens is 323 g/mol. The van der Waals surface area contributed by atoms with Crippen LogP contribution in [0.25, 0.3) is 11.1 Å². The third kappa shape index (κ3) is 2.96. The van der Waals surface area contributed by atoms with Gasteiger partial charge in [0.2, 0.25) is 5.82 Å². The fourth-order valence-corrected chi connectivity index (χ4v) is 1.93. The number of hydrogen-bond acceptors (Lipinski definition) is 3. The number of ether oxygens (including phenoxy) is 2. The fourth-order valence-electron chi connectivity index (χ4n) is 1.93. The van der Waals surface area contributed by atoms with Gasteiger partial charge in [-0.05, 0) is 17.7 Å². The van der Waals surface area contributed by atoms with E-state index < -0.39 is 40.6 Å². The lowest BCUT2D eigenvalue weighted by molar-refractivity contribution is -0.132. The summed E-state index contributed by atoms with van der Waals surface area (Å²) in [6, 6.07) is 3.19. The Balaban J connectivity index is 2.70. The predicted octanol–water partition coefficient (Wildman–Crippen LogP) is 3.98. The molecule has 0 amide bonds. The Labute approximate surface area is 127 Å². The summed E-state index contributed by atoms with van der Waals surface area (Å²) < 4.78 is 76.9. The van der Waals surface area contributed by atoms with E-state index in [4.69, 9.17) is 9.47 Å². The van der Waals surface area contributed by atoms with Gasteiger partial charge in [0.05, 0.1) is 12.7 Å². The van der Waals surface area contributed by atoms with Gasteiger partial charge in [-0.1, -0.05) is 6.07 Å². The number of halogens is 5. The largest absolute Gasteiger partial charge is 0.493 e. The molecule has 0 radical (unpaired) electrons. The molecule has 2 rings (SSSR count). The summed E-state index contributed by atoms with van der Waals surface area (Å²) in [5.74, 6) is -11.3. The molecule has 0 atom stereocenters. The van der Waals surface area contributed by atoms with Crippen LogP contribution >= 0.6 is 0 Å². The third-order valence-electron chi connectivity index (χ3n) is 2.92. The smallest absolute Gasteiger partial charge is 0.308 e. The first kappa shape index (κ1) is 16.7. The van der Waals surface area contributed by atoms with Crippen LogP contribution in [-0.4, -0.2) is 13.1 Å². The zero-order chi connectivity index (χ0) is 17.3. The molecule has 3 nitrogen and oxygen atoms in total. The molecular formula is C15H9F5O3. The average Bonchev–Trinajstić information content (AvgIpc) is 2.51. The molecule has 8 heteroatoms. The van der Waals surface area contributed by atoms with E-state index in [1.54, 1.807) is 0 Å². The molecule has 122 valence electrons. The van der Waals surface area contributed by atoms with Crippen molar-refractivity contribution in [3.63, 3.8) is 0 Å². The van der Waals surface area contributed by atoms with Crippen LogP contribution < -0.4 is 9.47 Å². The second-order valence-electron chi connectivity index (χ2n) is 4.40. The first-order valence-electron chi connectivity index (χ1n) is 6.16. The molecule has 0 aliphatic carbocycles. The molecule has 2 aromatic rings. The normalized spacial score (nSPS) is 10.6. The highest BCUT2D eigenvalue weighted by molar-refractivity contribution is 5.74. The zero-order valence-corrected chi connectivity index (χ0v) is 11.8. The van der Waals surface area contributed by atoms with Gasteiger partial charge >= 0.3 is 5.97 Å². The van der Waals surface area contributed by atoms with Crippen molar-refractivity contribution in [1.82, 2.24) is 0 Å². The molecule has 0 spiro atoms. The maximum Gasteiger partial charge on any atom is 0.308 e. The van der Waals surface area contributed by atoms with E-state index in [1.807, 2.05) is 0 Å². The lowest BCUT2D eigenvalue weighted by Crippen LogP contribution is -2.06. The van der Waals surface area contributed by atoms with Crippen molar-refractivity contribution >= 4 is 5.97 Å². The Morgan fingerprint density at radius 3 is 1.87 bits per heavy atom. The maximum atomic E-state index is 13.8. The molecule has 0 saturated heterocycles. The minimum Gasteiger partial charge on any atom is -0.493 e. The standard InChI is InChI=1S/C15H9F5O3/c1-6(21)23-9-5-7(3-4-8(9)22-2)10-11(16)13(18)15(20)14(19)12(10)17/h3-5H,1-2H3. The van der Waals surface area contributed by atoms with Crippen LogP contribution in [0.2, 0.25) is 0 Å². The van der Waals surface area contributed by atoms with E-state index in [0.717, 1.165) is 19.1 Å². The van der Waals surface area contributed by atoms with Crippen LogP contribution in [0.4, 0.5) is 22.0 Å². The van der Waals surface area contributed by atoms with Gasteiger partial charge < -0.3 is 9.47 Å². The number of benzene rings is 2. The van der Waals surface area contributed by atoms with Crippen LogP contribution in [0.15, 0.2) is 18.2 Å². The Hall–Kier alpha value is -2.64. The monoisotopic (exact) mass is 332 g/mol. The third-order valence-corrected chi connectivity index (χ3v) is 2.92. The zero-order valence-electron chi connectivity index (χ0n) is 11.8. The van der Waals surface area contributed by atoms with Crippen molar-refractivity contribution in [2.45, 2.75) is 6.92 Å². The fraction of sp³-hybridized carbons (Fsp3) is 0.133.